The van der Waals surface area contributed by atoms with Crippen LogP contribution in [0, 0.1) is 11.8 Å². The first-order valence-electron chi connectivity index (χ1n) is 5.10. The lowest BCUT2D eigenvalue weighted by atomic mass is 9.97. The third-order valence-electron chi connectivity index (χ3n) is 2.93. The van der Waals surface area contributed by atoms with Crippen molar-refractivity contribution < 1.29 is 0 Å². The highest BCUT2D eigenvalue weighted by Crippen LogP contribution is 2.39. The Hall–Kier alpha value is -0.0100. The number of hydrogen-bond donors (Lipinski definition) is 0. The van der Waals surface area contributed by atoms with E-state index in [1.165, 1.54) is 22.9 Å². The monoisotopic (exact) mass is 272 g/mol. The topological polar surface area (TPSA) is 0 Å². The lowest BCUT2D eigenvalue weighted by molar-refractivity contribution is 0.512. The van der Waals surface area contributed by atoms with Gasteiger partial charge in [-0.05, 0) is 42.7 Å². The molecule has 2 heteroatoms. The number of alkyl halides is 1. The Bertz CT molecular complexity index is 307. The molecular weight excluding hydrogens is 259 g/mol. The van der Waals surface area contributed by atoms with E-state index in [0.717, 1.165) is 18.2 Å². The molecule has 1 unspecified atom stereocenters. The van der Waals surface area contributed by atoms with Crippen molar-refractivity contribution in [3.8, 4) is 0 Å². The minimum Gasteiger partial charge on any atom is -0.126 e. The van der Waals surface area contributed by atoms with Gasteiger partial charge in [0.2, 0.25) is 0 Å². The molecule has 0 amide bonds. The molecule has 0 heterocycles. The van der Waals surface area contributed by atoms with Crippen LogP contribution in [-0.2, 0) is 6.42 Å². The van der Waals surface area contributed by atoms with Crippen LogP contribution in [0.3, 0.4) is 0 Å². The Labute approximate surface area is 98.8 Å². The van der Waals surface area contributed by atoms with Crippen LogP contribution < -0.4 is 0 Å². The SMILES string of the molecule is ClCC(Cc1ccccc1Br)C1CC1. The largest absolute Gasteiger partial charge is 0.126 e. The Morgan fingerprint density at radius 2 is 2.07 bits per heavy atom. The molecule has 1 aliphatic rings. The molecule has 76 valence electrons. The van der Waals surface area contributed by atoms with Crippen LogP contribution in [0.4, 0.5) is 0 Å². The van der Waals surface area contributed by atoms with Crippen molar-refractivity contribution >= 4 is 27.5 Å². The van der Waals surface area contributed by atoms with E-state index in [4.69, 9.17) is 11.6 Å². The van der Waals surface area contributed by atoms with E-state index in [9.17, 15) is 0 Å². The minimum atomic E-state index is 0.676. The van der Waals surface area contributed by atoms with Crippen LogP contribution in [0.25, 0.3) is 0 Å². The maximum atomic E-state index is 5.99. The summed E-state index contributed by atoms with van der Waals surface area (Å²) in [6.45, 7) is 0. The molecule has 0 aliphatic heterocycles. The van der Waals surface area contributed by atoms with Gasteiger partial charge < -0.3 is 0 Å². The fourth-order valence-electron chi connectivity index (χ4n) is 1.86. The maximum Gasteiger partial charge on any atom is 0.0257 e. The molecule has 1 aromatic rings. The fraction of sp³-hybridized carbons (Fsp3) is 0.500. The van der Waals surface area contributed by atoms with Gasteiger partial charge in [0.1, 0.15) is 0 Å². The van der Waals surface area contributed by atoms with E-state index < -0.39 is 0 Å². The molecule has 0 saturated heterocycles. The second kappa shape index (κ2) is 4.67. The molecule has 1 aromatic carbocycles. The fourth-order valence-corrected chi connectivity index (χ4v) is 2.67. The molecule has 1 aliphatic carbocycles. The Morgan fingerprint density at radius 1 is 1.36 bits per heavy atom. The first-order chi connectivity index (χ1) is 6.81. The average Bonchev–Trinajstić information content (AvgIpc) is 3.00. The van der Waals surface area contributed by atoms with Crippen LogP contribution in [0.1, 0.15) is 18.4 Å². The first kappa shape index (κ1) is 10.5. The van der Waals surface area contributed by atoms with Gasteiger partial charge in [-0.15, -0.1) is 11.6 Å². The summed E-state index contributed by atoms with van der Waals surface area (Å²) in [5.41, 5.74) is 1.39. The summed E-state index contributed by atoms with van der Waals surface area (Å²) in [4.78, 5) is 0. The molecule has 1 atom stereocenters. The van der Waals surface area contributed by atoms with Crippen molar-refractivity contribution in [3.63, 3.8) is 0 Å². The van der Waals surface area contributed by atoms with Gasteiger partial charge in [0, 0.05) is 10.4 Å². The van der Waals surface area contributed by atoms with Crippen molar-refractivity contribution in [3.05, 3.63) is 34.3 Å². The summed E-state index contributed by atoms with van der Waals surface area (Å²) in [5.74, 6) is 2.36. The van der Waals surface area contributed by atoms with Crippen molar-refractivity contribution in [2.75, 3.05) is 5.88 Å². The average molecular weight is 274 g/mol. The predicted molar refractivity (Wildman–Crippen MR) is 64.8 cm³/mol. The maximum absolute atomic E-state index is 5.99. The molecule has 1 saturated carbocycles. The molecule has 0 nitrogen and oxygen atoms in total. The van der Waals surface area contributed by atoms with E-state index in [1.807, 2.05) is 0 Å². The molecule has 0 radical (unpaired) electrons. The Morgan fingerprint density at radius 3 is 2.64 bits per heavy atom. The zero-order chi connectivity index (χ0) is 9.97. The smallest absolute Gasteiger partial charge is 0.0257 e. The van der Waals surface area contributed by atoms with Gasteiger partial charge in [0.05, 0.1) is 0 Å². The van der Waals surface area contributed by atoms with Gasteiger partial charge >= 0.3 is 0 Å². The zero-order valence-electron chi connectivity index (χ0n) is 8.05. The molecule has 2 rings (SSSR count). The standard InChI is InChI=1S/C12H14BrCl/c13-12-4-2-1-3-10(12)7-11(8-14)9-5-6-9/h1-4,9,11H,5-8H2. The second-order valence-electron chi connectivity index (χ2n) is 4.05. The van der Waals surface area contributed by atoms with Gasteiger partial charge in [-0.3, -0.25) is 0 Å². The predicted octanol–water partition coefficient (Wildman–Crippen LogP) is 4.26. The van der Waals surface area contributed by atoms with Gasteiger partial charge in [-0.1, -0.05) is 34.1 Å². The van der Waals surface area contributed by atoms with E-state index >= 15 is 0 Å². The molecule has 14 heavy (non-hydrogen) atoms. The highest BCUT2D eigenvalue weighted by atomic mass is 79.9. The highest BCUT2D eigenvalue weighted by Gasteiger charge is 2.30. The number of benzene rings is 1. The van der Waals surface area contributed by atoms with Crippen molar-refractivity contribution in [2.24, 2.45) is 11.8 Å². The van der Waals surface area contributed by atoms with Crippen LogP contribution in [0.5, 0.6) is 0 Å². The van der Waals surface area contributed by atoms with E-state index in [0.29, 0.717) is 5.92 Å². The molecule has 1 fully saturated rings. The normalized spacial score (nSPS) is 18.1. The van der Waals surface area contributed by atoms with Gasteiger partial charge in [-0.25, -0.2) is 0 Å². The second-order valence-corrected chi connectivity index (χ2v) is 5.21. The minimum absolute atomic E-state index is 0.676. The van der Waals surface area contributed by atoms with Crippen LogP contribution in [0.15, 0.2) is 28.7 Å². The third-order valence-corrected chi connectivity index (χ3v) is 4.10. The summed E-state index contributed by atoms with van der Waals surface area (Å²) in [5, 5.41) is 0. The Kier molecular flexibility index (Phi) is 3.51. The zero-order valence-corrected chi connectivity index (χ0v) is 10.4. The molecular formula is C12H14BrCl. The van der Waals surface area contributed by atoms with E-state index in [1.54, 1.807) is 0 Å². The molecule has 0 bridgehead atoms. The van der Waals surface area contributed by atoms with Gasteiger partial charge in [-0.2, -0.15) is 0 Å². The van der Waals surface area contributed by atoms with Crippen LogP contribution in [-0.4, -0.2) is 5.88 Å². The summed E-state index contributed by atoms with van der Waals surface area (Å²) in [7, 11) is 0. The number of rotatable bonds is 4. The summed E-state index contributed by atoms with van der Waals surface area (Å²) < 4.78 is 1.22. The Balaban J connectivity index is 2.04. The van der Waals surface area contributed by atoms with Crippen LogP contribution >= 0.6 is 27.5 Å². The summed E-state index contributed by atoms with van der Waals surface area (Å²) in [6, 6.07) is 8.44. The number of halogens is 2. The van der Waals surface area contributed by atoms with E-state index in [-0.39, 0.29) is 0 Å². The summed E-state index contributed by atoms with van der Waals surface area (Å²) in [6.07, 6.45) is 3.87. The summed E-state index contributed by atoms with van der Waals surface area (Å²) >= 11 is 9.57. The highest BCUT2D eigenvalue weighted by molar-refractivity contribution is 9.10. The number of hydrogen-bond acceptors (Lipinski definition) is 0. The lowest BCUT2D eigenvalue weighted by Gasteiger charge is -2.13. The van der Waals surface area contributed by atoms with Crippen LogP contribution in [0.2, 0.25) is 0 Å². The first-order valence-corrected chi connectivity index (χ1v) is 6.43. The molecule has 0 aromatic heterocycles. The molecule has 0 N–H and O–H groups in total. The van der Waals surface area contributed by atoms with E-state index in [2.05, 4.69) is 40.2 Å². The van der Waals surface area contributed by atoms with Gasteiger partial charge in [0.25, 0.3) is 0 Å². The van der Waals surface area contributed by atoms with Crippen molar-refractivity contribution in [1.29, 1.82) is 0 Å². The van der Waals surface area contributed by atoms with Crippen molar-refractivity contribution in [1.82, 2.24) is 0 Å². The molecule has 0 spiro atoms. The van der Waals surface area contributed by atoms with Gasteiger partial charge in [0.15, 0.2) is 0 Å². The third kappa shape index (κ3) is 2.52. The lowest BCUT2D eigenvalue weighted by Crippen LogP contribution is -2.09. The quantitative estimate of drug-likeness (QED) is 0.719. The van der Waals surface area contributed by atoms with Crippen molar-refractivity contribution in [2.45, 2.75) is 19.3 Å².